The van der Waals surface area contributed by atoms with Crippen molar-refractivity contribution in [1.29, 1.82) is 0 Å². The van der Waals surface area contributed by atoms with Gasteiger partial charge in [0.2, 0.25) is 0 Å². The lowest BCUT2D eigenvalue weighted by molar-refractivity contribution is 0.0697. The number of urea groups is 1. The normalized spacial score (nSPS) is 10.1. The number of aromatic nitrogens is 2. The molecule has 0 aliphatic rings. The second-order valence-corrected chi connectivity index (χ2v) is 4.21. The second-order valence-electron chi connectivity index (χ2n) is 4.21. The molecule has 0 atom stereocenters. The van der Waals surface area contributed by atoms with Crippen molar-refractivity contribution in [2.24, 2.45) is 0 Å². The maximum absolute atomic E-state index is 11.7. The van der Waals surface area contributed by atoms with Crippen molar-refractivity contribution in [3.8, 4) is 0 Å². The molecule has 0 saturated heterocycles. The van der Waals surface area contributed by atoms with Crippen molar-refractivity contribution in [2.45, 2.75) is 13.5 Å². The highest BCUT2D eigenvalue weighted by Gasteiger charge is 2.07. The Hall–Kier alpha value is -2.83. The Morgan fingerprint density at radius 2 is 2.20 bits per heavy atom. The van der Waals surface area contributed by atoms with Gasteiger partial charge in [0.15, 0.2) is 0 Å². The van der Waals surface area contributed by atoms with Crippen LogP contribution in [-0.2, 0) is 6.54 Å². The van der Waals surface area contributed by atoms with Crippen LogP contribution >= 0.6 is 0 Å². The van der Waals surface area contributed by atoms with Crippen molar-refractivity contribution in [1.82, 2.24) is 15.5 Å². The van der Waals surface area contributed by atoms with Crippen LogP contribution in [0, 0.1) is 6.92 Å². The SMILES string of the molecule is Cc1[nH]ncc1CNC(=O)Nc1cccc(C(=O)O)c1. The number of hydrogen-bond acceptors (Lipinski definition) is 3. The van der Waals surface area contributed by atoms with Crippen LogP contribution in [-0.4, -0.2) is 27.3 Å². The standard InChI is InChI=1S/C13H14N4O3/c1-8-10(7-15-17-8)6-14-13(20)16-11-4-2-3-9(5-11)12(18)19/h2-5,7H,6H2,1H3,(H,15,17)(H,18,19)(H2,14,16,20). The number of rotatable bonds is 4. The Labute approximate surface area is 115 Å². The average Bonchev–Trinajstić information content (AvgIpc) is 2.82. The number of aromatic amines is 1. The van der Waals surface area contributed by atoms with E-state index in [1.54, 1.807) is 18.3 Å². The van der Waals surface area contributed by atoms with Crippen LogP contribution in [0.5, 0.6) is 0 Å². The first-order chi connectivity index (χ1) is 9.56. The molecular formula is C13H14N4O3. The van der Waals surface area contributed by atoms with Crippen molar-refractivity contribution >= 4 is 17.7 Å². The summed E-state index contributed by atoms with van der Waals surface area (Å²) in [7, 11) is 0. The van der Waals surface area contributed by atoms with Crippen molar-refractivity contribution in [2.75, 3.05) is 5.32 Å². The Morgan fingerprint density at radius 1 is 1.40 bits per heavy atom. The predicted octanol–water partition coefficient (Wildman–Crippen LogP) is 1.74. The summed E-state index contributed by atoms with van der Waals surface area (Å²) in [4.78, 5) is 22.5. The van der Waals surface area contributed by atoms with E-state index < -0.39 is 12.0 Å². The van der Waals surface area contributed by atoms with Crippen LogP contribution < -0.4 is 10.6 Å². The first kappa shape index (κ1) is 13.6. The first-order valence-electron chi connectivity index (χ1n) is 5.93. The molecule has 0 fully saturated rings. The zero-order chi connectivity index (χ0) is 14.5. The van der Waals surface area contributed by atoms with E-state index in [9.17, 15) is 9.59 Å². The highest BCUT2D eigenvalue weighted by Crippen LogP contribution is 2.10. The fourth-order valence-electron chi connectivity index (χ4n) is 1.63. The first-order valence-corrected chi connectivity index (χ1v) is 5.93. The molecule has 0 unspecified atom stereocenters. The topological polar surface area (TPSA) is 107 Å². The highest BCUT2D eigenvalue weighted by molar-refractivity contribution is 5.93. The van der Waals surface area contributed by atoms with E-state index in [1.807, 2.05) is 6.92 Å². The highest BCUT2D eigenvalue weighted by atomic mass is 16.4. The third-order valence-electron chi connectivity index (χ3n) is 2.74. The number of carbonyl (C=O) groups excluding carboxylic acids is 1. The van der Waals surface area contributed by atoms with Crippen LogP contribution in [0.25, 0.3) is 0 Å². The Bertz CT molecular complexity index is 636. The van der Waals surface area contributed by atoms with Gasteiger partial charge in [-0.25, -0.2) is 9.59 Å². The lowest BCUT2D eigenvalue weighted by Gasteiger charge is -2.07. The van der Waals surface area contributed by atoms with Gasteiger partial charge in [-0.2, -0.15) is 5.10 Å². The quantitative estimate of drug-likeness (QED) is 0.681. The molecule has 0 aliphatic heterocycles. The van der Waals surface area contributed by atoms with Crippen LogP contribution in [0.1, 0.15) is 21.6 Å². The van der Waals surface area contributed by atoms with Gasteiger partial charge in [-0.3, -0.25) is 5.10 Å². The number of hydrogen-bond donors (Lipinski definition) is 4. The molecule has 0 aliphatic carbocycles. The maximum Gasteiger partial charge on any atom is 0.335 e. The monoisotopic (exact) mass is 274 g/mol. The number of aromatic carboxylic acids is 1. The van der Waals surface area contributed by atoms with E-state index in [0.29, 0.717) is 12.2 Å². The summed E-state index contributed by atoms with van der Waals surface area (Å²) >= 11 is 0. The van der Waals surface area contributed by atoms with E-state index in [-0.39, 0.29) is 5.56 Å². The molecule has 7 nitrogen and oxygen atoms in total. The van der Waals surface area contributed by atoms with Crippen molar-refractivity contribution in [3.63, 3.8) is 0 Å². The lowest BCUT2D eigenvalue weighted by atomic mass is 10.2. The molecule has 0 radical (unpaired) electrons. The zero-order valence-corrected chi connectivity index (χ0v) is 10.8. The summed E-state index contributed by atoms with van der Waals surface area (Å²) in [6.07, 6.45) is 1.64. The zero-order valence-electron chi connectivity index (χ0n) is 10.8. The van der Waals surface area contributed by atoms with Gasteiger partial charge in [0, 0.05) is 23.5 Å². The van der Waals surface area contributed by atoms with Crippen molar-refractivity contribution in [3.05, 3.63) is 47.3 Å². The summed E-state index contributed by atoms with van der Waals surface area (Å²) in [5, 5.41) is 20.7. The summed E-state index contributed by atoms with van der Waals surface area (Å²) in [5.74, 6) is -1.04. The maximum atomic E-state index is 11.7. The lowest BCUT2D eigenvalue weighted by Crippen LogP contribution is -2.28. The molecule has 4 N–H and O–H groups in total. The molecule has 0 bridgehead atoms. The molecule has 7 heteroatoms. The minimum absolute atomic E-state index is 0.119. The summed E-state index contributed by atoms with van der Waals surface area (Å²) in [6.45, 7) is 2.20. The fourth-order valence-corrected chi connectivity index (χ4v) is 1.63. The molecule has 2 amide bonds. The molecule has 2 rings (SSSR count). The molecule has 1 heterocycles. The van der Waals surface area contributed by atoms with Crippen LogP contribution in [0.15, 0.2) is 30.5 Å². The van der Waals surface area contributed by atoms with Gasteiger partial charge < -0.3 is 15.7 Å². The number of H-pyrrole nitrogens is 1. The van der Waals surface area contributed by atoms with Crippen LogP contribution in [0.4, 0.5) is 10.5 Å². The Morgan fingerprint density at radius 3 is 2.85 bits per heavy atom. The third kappa shape index (κ3) is 3.35. The molecule has 1 aromatic heterocycles. The molecule has 0 spiro atoms. The summed E-state index contributed by atoms with van der Waals surface area (Å²) in [6, 6.07) is 5.63. The number of carbonyl (C=O) groups is 2. The van der Waals surface area contributed by atoms with E-state index in [2.05, 4.69) is 20.8 Å². The number of carboxylic acids is 1. The van der Waals surface area contributed by atoms with Crippen LogP contribution in [0.2, 0.25) is 0 Å². The number of carboxylic acid groups (broad SMARTS) is 1. The molecule has 104 valence electrons. The molecule has 1 aromatic carbocycles. The van der Waals surface area contributed by atoms with Gasteiger partial charge in [0.1, 0.15) is 0 Å². The average molecular weight is 274 g/mol. The number of amides is 2. The molecule has 0 saturated carbocycles. The van der Waals surface area contributed by atoms with Gasteiger partial charge in [0.05, 0.1) is 11.8 Å². The van der Waals surface area contributed by atoms with E-state index in [0.717, 1.165) is 11.3 Å². The van der Waals surface area contributed by atoms with Gasteiger partial charge in [-0.15, -0.1) is 0 Å². The van der Waals surface area contributed by atoms with Gasteiger partial charge >= 0.3 is 12.0 Å². The Kier molecular flexibility index (Phi) is 3.99. The van der Waals surface area contributed by atoms with Crippen LogP contribution in [0.3, 0.4) is 0 Å². The minimum atomic E-state index is -1.04. The fraction of sp³-hybridized carbons (Fsp3) is 0.154. The number of nitrogens with zero attached hydrogens (tertiary/aromatic N) is 1. The van der Waals surface area contributed by atoms with Gasteiger partial charge in [0.25, 0.3) is 0 Å². The predicted molar refractivity (Wildman–Crippen MR) is 72.6 cm³/mol. The van der Waals surface area contributed by atoms with Gasteiger partial charge in [-0.05, 0) is 25.1 Å². The Balaban J connectivity index is 1.93. The second kappa shape index (κ2) is 5.87. The van der Waals surface area contributed by atoms with Gasteiger partial charge in [-0.1, -0.05) is 6.07 Å². The smallest absolute Gasteiger partial charge is 0.335 e. The summed E-state index contributed by atoms with van der Waals surface area (Å²) in [5.41, 5.74) is 2.32. The number of aryl methyl sites for hydroxylation is 1. The van der Waals surface area contributed by atoms with E-state index >= 15 is 0 Å². The number of nitrogens with one attached hydrogen (secondary N) is 3. The minimum Gasteiger partial charge on any atom is -0.478 e. The van der Waals surface area contributed by atoms with E-state index in [1.165, 1.54) is 12.1 Å². The summed E-state index contributed by atoms with van der Waals surface area (Å²) < 4.78 is 0. The third-order valence-corrected chi connectivity index (χ3v) is 2.74. The molecule has 2 aromatic rings. The number of anilines is 1. The number of benzene rings is 1. The molecular weight excluding hydrogens is 260 g/mol. The largest absolute Gasteiger partial charge is 0.478 e. The van der Waals surface area contributed by atoms with Crippen molar-refractivity contribution < 1.29 is 14.7 Å². The van der Waals surface area contributed by atoms with E-state index in [4.69, 9.17) is 5.11 Å². The molecule has 20 heavy (non-hydrogen) atoms.